The van der Waals surface area contributed by atoms with E-state index in [0.29, 0.717) is 18.6 Å². The average molecular weight is 275 g/mol. The number of ether oxygens (including phenoxy) is 1. The van der Waals surface area contributed by atoms with E-state index < -0.39 is 11.6 Å². The summed E-state index contributed by atoms with van der Waals surface area (Å²) < 4.78 is 32.4. The van der Waals surface area contributed by atoms with Gasteiger partial charge in [-0.15, -0.1) is 0 Å². The summed E-state index contributed by atoms with van der Waals surface area (Å²) in [6.07, 6.45) is 0.444. The molecule has 1 rings (SSSR count). The topological polar surface area (TPSA) is 35.2 Å². The minimum atomic E-state index is -0.660. The minimum absolute atomic E-state index is 0.128. The van der Waals surface area contributed by atoms with E-state index in [1.54, 1.807) is 18.7 Å². The summed E-state index contributed by atoms with van der Waals surface area (Å²) in [5.41, 5.74) is 6.15. The predicted molar refractivity (Wildman–Crippen MR) is 72.2 cm³/mol. The van der Waals surface area contributed by atoms with E-state index in [1.807, 2.05) is 6.92 Å². The number of thioether (sulfide) groups is 1. The fraction of sp³-hybridized carbons (Fsp3) is 0.538. The van der Waals surface area contributed by atoms with Gasteiger partial charge in [0.1, 0.15) is 0 Å². The summed E-state index contributed by atoms with van der Waals surface area (Å²) in [5, 5.41) is 0. The standard InChI is InChI=1S/C13H19F2NOS/c1-3-18-5-4-17-13-11(14)7-10(6-9(2)16)8-12(13)15/h7-9H,3-6,16H2,1-2H3. The summed E-state index contributed by atoms with van der Waals surface area (Å²) in [6.45, 7) is 4.12. The zero-order valence-corrected chi connectivity index (χ0v) is 11.5. The molecule has 1 unspecified atom stereocenters. The Morgan fingerprint density at radius 2 is 1.94 bits per heavy atom. The average Bonchev–Trinajstić information content (AvgIpc) is 2.26. The molecule has 1 aromatic carbocycles. The van der Waals surface area contributed by atoms with Gasteiger partial charge in [0.25, 0.3) is 0 Å². The van der Waals surface area contributed by atoms with Crippen LogP contribution < -0.4 is 10.5 Å². The Morgan fingerprint density at radius 1 is 1.33 bits per heavy atom. The molecule has 0 heterocycles. The third kappa shape index (κ3) is 4.82. The molecule has 0 aliphatic rings. The van der Waals surface area contributed by atoms with Crippen LogP contribution in [0.1, 0.15) is 19.4 Å². The molecule has 0 saturated carbocycles. The second-order valence-electron chi connectivity index (χ2n) is 4.12. The Balaban J connectivity index is 2.68. The van der Waals surface area contributed by atoms with Gasteiger partial charge in [0.15, 0.2) is 17.4 Å². The van der Waals surface area contributed by atoms with Crippen LogP contribution in [-0.4, -0.2) is 24.2 Å². The van der Waals surface area contributed by atoms with Crippen molar-refractivity contribution < 1.29 is 13.5 Å². The van der Waals surface area contributed by atoms with Gasteiger partial charge in [0, 0.05) is 11.8 Å². The summed E-state index contributed by atoms with van der Waals surface area (Å²) in [4.78, 5) is 0. The lowest BCUT2D eigenvalue weighted by Gasteiger charge is -2.11. The van der Waals surface area contributed by atoms with Crippen LogP contribution in [0.25, 0.3) is 0 Å². The molecule has 102 valence electrons. The lowest BCUT2D eigenvalue weighted by molar-refractivity contribution is 0.305. The molecule has 0 aromatic heterocycles. The zero-order valence-electron chi connectivity index (χ0n) is 10.7. The first-order valence-electron chi connectivity index (χ1n) is 5.98. The lowest BCUT2D eigenvalue weighted by atomic mass is 10.1. The third-order valence-corrected chi connectivity index (χ3v) is 3.16. The second-order valence-corrected chi connectivity index (χ2v) is 5.51. The maximum atomic E-state index is 13.7. The fourth-order valence-corrected chi connectivity index (χ4v) is 2.08. The molecule has 0 fully saturated rings. The quantitative estimate of drug-likeness (QED) is 0.777. The molecule has 0 amide bonds. The molecule has 0 saturated heterocycles. The number of halogens is 2. The van der Waals surface area contributed by atoms with E-state index in [4.69, 9.17) is 10.5 Å². The van der Waals surface area contributed by atoms with Crippen molar-refractivity contribution in [3.05, 3.63) is 29.3 Å². The van der Waals surface area contributed by atoms with Crippen molar-refractivity contribution in [3.8, 4) is 5.75 Å². The van der Waals surface area contributed by atoms with E-state index in [-0.39, 0.29) is 11.8 Å². The molecular weight excluding hydrogens is 256 g/mol. The molecule has 0 aliphatic carbocycles. The third-order valence-electron chi connectivity index (χ3n) is 2.29. The van der Waals surface area contributed by atoms with Crippen LogP contribution in [0, 0.1) is 11.6 Å². The van der Waals surface area contributed by atoms with Gasteiger partial charge in [-0.1, -0.05) is 6.92 Å². The Morgan fingerprint density at radius 3 is 2.44 bits per heavy atom. The summed E-state index contributed by atoms with van der Waals surface area (Å²) in [6, 6.07) is 2.44. The van der Waals surface area contributed by atoms with Crippen LogP contribution >= 0.6 is 11.8 Å². The Labute approximate surface area is 111 Å². The fourth-order valence-electron chi connectivity index (χ4n) is 1.59. The maximum absolute atomic E-state index is 13.7. The summed E-state index contributed by atoms with van der Waals surface area (Å²) in [7, 11) is 0. The molecule has 0 aliphatic heterocycles. The Hall–Kier alpha value is -0.810. The second kappa shape index (κ2) is 7.59. The predicted octanol–water partition coefficient (Wildman–Crippen LogP) is 2.99. The SMILES string of the molecule is CCSCCOc1c(F)cc(CC(C)N)cc1F. The Bertz CT molecular complexity index is 362. The van der Waals surface area contributed by atoms with Crippen molar-refractivity contribution in [2.45, 2.75) is 26.3 Å². The van der Waals surface area contributed by atoms with Gasteiger partial charge in [-0.3, -0.25) is 0 Å². The maximum Gasteiger partial charge on any atom is 0.190 e. The first kappa shape index (κ1) is 15.2. The largest absolute Gasteiger partial charge is 0.487 e. The van der Waals surface area contributed by atoms with Crippen LogP contribution in [0.4, 0.5) is 8.78 Å². The highest BCUT2D eigenvalue weighted by Crippen LogP contribution is 2.24. The van der Waals surface area contributed by atoms with Gasteiger partial charge in [-0.05, 0) is 36.8 Å². The molecule has 5 heteroatoms. The van der Waals surface area contributed by atoms with Gasteiger partial charge in [0.05, 0.1) is 6.61 Å². The van der Waals surface area contributed by atoms with Crippen LogP contribution in [0.15, 0.2) is 12.1 Å². The molecule has 0 bridgehead atoms. The molecular formula is C13H19F2NOS. The molecule has 0 radical (unpaired) electrons. The van der Waals surface area contributed by atoms with E-state index >= 15 is 0 Å². The van der Waals surface area contributed by atoms with Gasteiger partial charge >= 0.3 is 0 Å². The minimum Gasteiger partial charge on any atom is -0.487 e. The van der Waals surface area contributed by atoms with Crippen molar-refractivity contribution in [1.29, 1.82) is 0 Å². The number of nitrogens with two attached hydrogens (primary N) is 1. The van der Waals surface area contributed by atoms with Crippen LogP contribution in [0.2, 0.25) is 0 Å². The van der Waals surface area contributed by atoms with E-state index in [2.05, 4.69) is 0 Å². The van der Waals surface area contributed by atoms with Crippen molar-refractivity contribution >= 4 is 11.8 Å². The highest BCUT2D eigenvalue weighted by atomic mass is 32.2. The lowest BCUT2D eigenvalue weighted by Crippen LogP contribution is -2.18. The molecule has 2 nitrogen and oxygen atoms in total. The molecule has 1 aromatic rings. The zero-order chi connectivity index (χ0) is 13.5. The summed E-state index contributed by atoms with van der Waals surface area (Å²) in [5.74, 6) is 0.0675. The van der Waals surface area contributed by atoms with Crippen LogP contribution in [0.3, 0.4) is 0 Å². The molecule has 2 N–H and O–H groups in total. The van der Waals surface area contributed by atoms with Crippen LogP contribution in [-0.2, 0) is 6.42 Å². The summed E-state index contributed by atoms with van der Waals surface area (Å²) >= 11 is 1.66. The van der Waals surface area contributed by atoms with Gasteiger partial charge in [0.2, 0.25) is 0 Å². The van der Waals surface area contributed by atoms with Gasteiger partial charge < -0.3 is 10.5 Å². The van der Waals surface area contributed by atoms with Crippen molar-refractivity contribution in [2.75, 3.05) is 18.1 Å². The van der Waals surface area contributed by atoms with Gasteiger partial charge in [-0.25, -0.2) is 8.78 Å². The highest BCUT2D eigenvalue weighted by Gasteiger charge is 2.13. The first-order chi connectivity index (χ1) is 8.54. The van der Waals surface area contributed by atoms with Crippen molar-refractivity contribution in [2.24, 2.45) is 5.73 Å². The van der Waals surface area contributed by atoms with Crippen molar-refractivity contribution in [3.63, 3.8) is 0 Å². The van der Waals surface area contributed by atoms with E-state index in [9.17, 15) is 8.78 Å². The van der Waals surface area contributed by atoms with E-state index in [1.165, 1.54) is 12.1 Å². The number of hydrogen-bond donors (Lipinski definition) is 1. The van der Waals surface area contributed by atoms with Crippen molar-refractivity contribution in [1.82, 2.24) is 0 Å². The number of benzene rings is 1. The first-order valence-corrected chi connectivity index (χ1v) is 7.14. The smallest absolute Gasteiger partial charge is 0.190 e. The van der Waals surface area contributed by atoms with Crippen LogP contribution in [0.5, 0.6) is 5.75 Å². The normalized spacial score (nSPS) is 12.5. The molecule has 18 heavy (non-hydrogen) atoms. The van der Waals surface area contributed by atoms with E-state index in [0.717, 1.165) is 11.5 Å². The molecule has 1 atom stereocenters. The highest BCUT2D eigenvalue weighted by molar-refractivity contribution is 7.99. The number of rotatable bonds is 7. The monoisotopic (exact) mass is 275 g/mol. The molecule has 0 spiro atoms. The Kier molecular flexibility index (Phi) is 6.43. The number of hydrogen-bond acceptors (Lipinski definition) is 3. The van der Waals surface area contributed by atoms with Gasteiger partial charge in [-0.2, -0.15) is 11.8 Å².